The molecule has 0 N–H and O–H groups in total. The number of unbranched alkanes of at least 4 members (excludes halogenated alkanes) is 4. The predicted octanol–water partition coefficient (Wildman–Crippen LogP) is 4.19. The molecule has 152 valence electrons. The molecule has 6 heteroatoms. The highest BCUT2D eigenvalue weighted by Gasteiger charge is 2.11. The molecule has 0 heterocycles. The van der Waals surface area contributed by atoms with Crippen LogP contribution in [0.25, 0.3) is 0 Å². The van der Waals surface area contributed by atoms with E-state index in [0.29, 0.717) is 26.1 Å². The van der Waals surface area contributed by atoms with Gasteiger partial charge < -0.3 is 14.2 Å². The molecule has 0 bridgehead atoms. The molecule has 0 aromatic heterocycles. The molecular formula is C20H36O6. The Kier molecular flexibility index (Phi) is 14.7. The van der Waals surface area contributed by atoms with E-state index < -0.39 is 0 Å². The molecule has 0 saturated heterocycles. The second kappa shape index (κ2) is 15.6. The first-order chi connectivity index (χ1) is 12.4. The normalized spacial score (nSPS) is 11.9. The predicted molar refractivity (Wildman–Crippen MR) is 99.5 cm³/mol. The largest absolute Gasteiger partial charge is 0.466 e. The molecule has 0 aromatic rings. The molecule has 0 aromatic carbocycles. The zero-order chi connectivity index (χ0) is 19.8. The average Bonchev–Trinajstić information content (AvgIpc) is 2.59. The lowest BCUT2D eigenvalue weighted by molar-refractivity contribution is -0.148. The number of hydrogen-bond donors (Lipinski definition) is 0. The van der Waals surface area contributed by atoms with Crippen LogP contribution in [0.5, 0.6) is 0 Å². The molecular weight excluding hydrogens is 336 g/mol. The summed E-state index contributed by atoms with van der Waals surface area (Å²) in [5.41, 5.74) is 0. The molecule has 6 nitrogen and oxygen atoms in total. The highest BCUT2D eigenvalue weighted by molar-refractivity contribution is 5.71. The van der Waals surface area contributed by atoms with Crippen molar-refractivity contribution >= 4 is 17.9 Å². The summed E-state index contributed by atoms with van der Waals surface area (Å²) < 4.78 is 15.4. The Morgan fingerprint density at radius 3 is 1.81 bits per heavy atom. The van der Waals surface area contributed by atoms with Gasteiger partial charge in [-0.2, -0.15) is 0 Å². The first kappa shape index (κ1) is 24.4. The van der Waals surface area contributed by atoms with Crippen molar-refractivity contribution in [3.05, 3.63) is 0 Å². The minimum atomic E-state index is -0.194. The van der Waals surface area contributed by atoms with E-state index in [2.05, 4.69) is 0 Å². The first-order valence-electron chi connectivity index (χ1n) is 9.88. The van der Waals surface area contributed by atoms with Gasteiger partial charge in [-0.25, -0.2) is 0 Å². The molecule has 0 radical (unpaired) electrons. The van der Waals surface area contributed by atoms with Crippen molar-refractivity contribution in [2.75, 3.05) is 13.2 Å². The van der Waals surface area contributed by atoms with Crippen LogP contribution in [0.1, 0.15) is 85.5 Å². The van der Waals surface area contributed by atoms with Gasteiger partial charge in [0.15, 0.2) is 0 Å². The quantitative estimate of drug-likeness (QED) is 0.244. The van der Waals surface area contributed by atoms with Crippen LogP contribution in [0.15, 0.2) is 0 Å². The summed E-state index contributed by atoms with van der Waals surface area (Å²) in [4.78, 5) is 34.4. The van der Waals surface area contributed by atoms with E-state index in [1.165, 1.54) is 0 Å². The molecule has 0 spiro atoms. The number of esters is 3. The average molecular weight is 373 g/mol. The van der Waals surface area contributed by atoms with Crippen molar-refractivity contribution in [3.8, 4) is 0 Å². The molecule has 0 saturated carbocycles. The third kappa shape index (κ3) is 14.7. The van der Waals surface area contributed by atoms with Crippen molar-refractivity contribution in [2.45, 2.75) is 91.6 Å². The lowest BCUT2D eigenvalue weighted by atomic mass is 10.1. The van der Waals surface area contributed by atoms with Crippen LogP contribution in [0.3, 0.4) is 0 Å². The van der Waals surface area contributed by atoms with Gasteiger partial charge in [-0.15, -0.1) is 0 Å². The fourth-order valence-corrected chi connectivity index (χ4v) is 2.16. The Bertz CT molecular complexity index is 405. The topological polar surface area (TPSA) is 78.9 Å². The number of carbonyl (C=O) groups excluding carboxylic acids is 3. The third-order valence-corrected chi connectivity index (χ3v) is 3.94. The SMILES string of the molecule is CCC(C)C(=O)OCCCCCC(=O)OCCCCCC(=O)OC(C)C. The van der Waals surface area contributed by atoms with E-state index in [0.717, 1.165) is 44.9 Å². The van der Waals surface area contributed by atoms with Gasteiger partial charge in [0, 0.05) is 12.8 Å². The number of carbonyl (C=O) groups is 3. The van der Waals surface area contributed by atoms with Gasteiger partial charge in [-0.1, -0.05) is 13.8 Å². The first-order valence-corrected chi connectivity index (χ1v) is 9.88. The van der Waals surface area contributed by atoms with Crippen LogP contribution >= 0.6 is 0 Å². The second-order valence-electron chi connectivity index (χ2n) is 6.86. The molecule has 1 atom stereocenters. The maximum Gasteiger partial charge on any atom is 0.308 e. The Morgan fingerprint density at radius 1 is 0.731 bits per heavy atom. The fraction of sp³-hybridized carbons (Fsp3) is 0.850. The van der Waals surface area contributed by atoms with E-state index in [1.807, 2.05) is 27.7 Å². The van der Waals surface area contributed by atoms with E-state index >= 15 is 0 Å². The molecule has 0 aliphatic rings. The minimum absolute atomic E-state index is 0.0502. The smallest absolute Gasteiger partial charge is 0.308 e. The van der Waals surface area contributed by atoms with Gasteiger partial charge in [0.2, 0.25) is 0 Å². The molecule has 0 amide bonds. The van der Waals surface area contributed by atoms with Crippen LogP contribution in [-0.4, -0.2) is 37.2 Å². The van der Waals surface area contributed by atoms with Gasteiger partial charge in [0.25, 0.3) is 0 Å². The lowest BCUT2D eigenvalue weighted by Gasteiger charge is -2.09. The molecule has 1 unspecified atom stereocenters. The highest BCUT2D eigenvalue weighted by atomic mass is 16.5. The zero-order valence-corrected chi connectivity index (χ0v) is 16.9. The Balaban J connectivity index is 3.42. The second-order valence-corrected chi connectivity index (χ2v) is 6.86. The van der Waals surface area contributed by atoms with Gasteiger partial charge in [0.1, 0.15) is 0 Å². The maximum atomic E-state index is 11.6. The number of ether oxygens (including phenoxy) is 3. The lowest BCUT2D eigenvalue weighted by Crippen LogP contribution is -2.14. The van der Waals surface area contributed by atoms with Gasteiger partial charge in [-0.3, -0.25) is 14.4 Å². The van der Waals surface area contributed by atoms with Gasteiger partial charge in [0.05, 0.1) is 25.2 Å². The van der Waals surface area contributed by atoms with Gasteiger partial charge in [-0.05, 0) is 58.8 Å². The summed E-state index contributed by atoms with van der Waals surface area (Å²) in [6.45, 7) is 8.28. The molecule has 0 rings (SSSR count). The Morgan fingerprint density at radius 2 is 1.27 bits per heavy atom. The van der Waals surface area contributed by atoms with Crippen LogP contribution < -0.4 is 0 Å². The molecule has 0 aliphatic carbocycles. The summed E-state index contributed by atoms with van der Waals surface area (Å²) in [6.07, 6.45) is 6.19. The van der Waals surface area contributed by atoms with Crippen LogP contribution in [0, 0.1) is 5.92 Å². The van der Waals surface area contributed by atoms with Crippen LogP contribution in [-0.2, 0) is 28.6 Å². The van der Waals surface area contributed by atoms with Crippen molar-refractivity contribution in [1.82, 2.24) is 0 Å². The Labute approximate surface area is 157 Å². The Hall–Kier alpha value is -1.59. The van der Waals surface area contributed by atoms with Crippen molar-refractivity contribution in [3.63, 3.8) is 0 Å². The monoisotopic (exact) mass is 372 g/mol. The molecule has 0 aliphatic heterocycles. The summed E-state index contributed by atoms with van der Waals surface area (Å²) in [5, 5.41) is 0. The number of rotatable bonds is 15. The van der Waals surface area contributed by atoms with Crippen LogP contribution in [0.2, 0.25) is 0 Å². The van der Waals surface area contributed by atoms with Gasteiger partial charge >= 0.3 is 17.9 Å². The third-order valence-electron chi connectivity index (χ3n) is 3.94. The zero-order valence-electron chi connectivity index (χ0n) is 16.9. The number of hydrogen-bond acceptors (Lipinski definition) is 6. The minimum Gasteiger partial charge on any atom is -0.466 e. The summed E-state index contributed by atoms with van der Waals surface area (Å²) >= 11 is 0. The molecule has 26 heavy (non-hydrogen) atoms. The summed E-state index contributed by atoms with van der Waals surface area (Å²) in [7, 11) is 0. The molecule has 0 fully saturated rings. The van der Waals surface area contributed by atoms with E-state index in [4.69, 9.17) is 14.2 Å². The standard InChI is InChI=1S/C20H36O6/c1-5-17(4)20(23)25-15-11-6-8-12-18(21)24-14-10-7-9-13-19(22)26-16(2)3/h16-17H,5-15H2,1-4H3. The van der Waals surface area contributed by atoms with E-state index in [-0.39, 0.29) is 29.9 Å². The summed E-state index contributed by atoms with van der Waals surface area (Å²) in [5.74, 6) is -0.567. The fourth-order valence-electron chi connectivity index (χ4n) is 2.16. The van der Waals surface area contributed by atoms with Crippen molar-refractivity contribution < 1.29 is 28.6 Å². The summed E-state index contributed by atoms with van der Waals surface area (Å²) in [6, 6.07) is 0. The van der Waals surface area contributed by atoms with Crippen LogP contribution in [0.4, 0.5) is 0 Å². The maximum absolute atomic E-state index is 11.6. The van der Waals surface area contributed by atoms with Crippen molar-refractivity contribution in [2.24, 2.45) is 5.92 Å². The van der Waals surface area contributed by atoms with E-state index in [1.54, 1.807) is 0 Å². The van der Waals surface area contributed by atoms with E-state index in [9.17, 15) is 14.4 Å². The highest BCUT2D eigenvalue weighted by Crippen LogP contribution is 2.07. The van der Waals surface area contributed by atoms with Crippen molar-refractivity contribution in [1.29, 1.82) is 0 Å².